The van der Waals surface area contributed by atoms with E-state index in [1.807, 2.05) is 13.8 Å². The molecule has 1 saturated carbocycles. The average molecular weight is 441 g/mol. The van der Waals surface area contributed by atoms with Crippen molar-refractivity contribution in [2.75, 3.05) is 12.9 Å². The molecule has 0 amide bonds. The molecule has 0 atom stereocenters. The highest BCUT2D eigenvalue weighted by atomic mass is 35.5. The number of nitrogens with zero attached hydrogens (tertiary/aromatic N) is 2. The third kappa shape index (κ3) is 4.20. The second-order valence-electron chi connectivity index (χ2n) is 7.54. The summed E-state index contributed by atoms with van der Waals surface area (Å²) in [5.41, 5.74) is 1.06. The van der Waals surface area contributed by atoms with Crippen molar-refractivity contribution in [2.24, 2.45) is 0 Å². The molecule has 1 aliphatic rings. The lowest BCUT2D eigenvalue weighted by Crippen LogP contribution is -2.11. The van der Waals surface area contributed by atoms with Crippen LogP contribution in [0.4, 0.5) is 0 Å². The SMILES string of the molecule is CCOCc1c(S(C)(=O)=O)ccc(C(=O)c2c(C3CC3)nn(C(C)C)c2O)c1Cl. The molecule has 1 aromatic carbocycles. The van der Waals surface area contributed by atoms with Crippen LogP contribution < -0.4 is 0 Å². The zero-order chi connectivity index (χ0) is 21.5. The molecule has 1 heterocycles. The molecule has 2 aromatic rings. The molecule has 0 bridgehead atoms. The quantitative estimate of drug-likeness (QED) is 0.625. The molecule has 1 aliphatic carbocycles. The van der Waals surface area contributed by atoms with Crippen LogP contribution in [0.1, 0.15) is 72.8 Å². The maximum Gasteiger partial charge on any atom is 0.221 e. The fourth-order valence-electron chi connectivity index (χ4n) is 3.26. The summed E-state index contributed by atoms with van der Waals surface area (Å²) in [5.74, 6) is -0.530. The lowest BCUT2D eigenvalue weighted by atomic mass is 9.99. The Morgan fingerprint density at radius 3 is 2.55 bits per heavy atom. The molecule has 1 fully saturated rings. The zero-order valence-electron chi connectivity index (χ0n) is 16.9. The summed E-state index contributed by atoms with van der Waals surface area (Å²) in [7, 11) is -3.56. The minimum Gasteiger partial charge on any atom is -0.493 e. The lowest BCUT2D eigenvalue weighted by Gasteiger charge is -2.14. The summed E-state index contributed by atoms with van der Waals surface area (Å²) < 4.78 is 31.1. The summed E-state index contributed by atoms with van der Waals surface area (Å²) in [6.45, 7) is 5.85. The number of hydrogen-bond donors (Lipinski definition) is 1. The van der Waals surface area contributed by atoms with Crippen molar-refractivity contribution in [3.8, 4) is 5.88 Å². The molecule has 158 valence electrons. The van der Waals surface area contributed by atoms with Crippen LogP contribution in [0.3, 0.4) is 0 Å². The minimum atomic E-state index is -3.56. The number of aromatic nitrogens is 2. The fraction of sp³-hybridized carbons (Fsp3) is 0.500. The average Bonchev–Trinajstić information content (AvgIpc) is 3.41. The first-order chi connectivity index (χ1) is 13.6. The van der Waals surface area contributed by atoms with Gasteiger partial charge in [-0.05, 0) is 45.7 Å². The number of carbonyl (C=O) groups excluding carboxylic acids is 1. The third-order valence-corrected chi connectivity index (χ3v) is 6.50. The number of aromatic hydroxyl groups is 1. The van der Waals surface area contributed by atoms with Gasteiger partial charge in [0, 0.05) is 29.9 Å². The predicted octanol–water partition coefficient (Wildman–Crippen LogP) is 3.87. The van der Waals surface area contributed by atoms with E-state index < -0.39 is 15.6 Å². The maximum atomic E-state index is 13.4. The Labute approximate surface area is 175 Å². The standard InChI is InChI=1S/C20H25ClN2O5S/c1-5-28-10-14-15(29(4,26)27)9-8-13(17(14)21)19(24)16-18(12-6-7-12)22-23(11(2)3)20(16)25/h8-9,11-12,25H,5-7,10H2,1-4H3. The van der Waals surface area contributed by atoms with Gasteiger partial charge >= 0.3 is 0 Å². The van der Waals surface area contributed by atoms with Crippen LogP contribution in [0.25, 0.3) is 0 Å². The monoisotopic (exact) mass is 440 g/mol. The van der Waals surface area contributed by atoms with Gasteiger partial charge in [0.25, 0.3) is 0 Å². The van der Waals surface area contributed by atoms with Crippen LogP contribution in [0.5, 0.6) is 5.88 Å². The van der Waals surface area contributed by atoms with Crippen LogP contribution in [-0.4, -0.2) is 42.0 Å². The van der Waals surface area contributed by atoms with E-state index in [0.29, 0.717) is 12.3 Å². The second kappa shape index (κ2) is 8.08. The fourth-order valence-corrected chi connectivity index (χ4v) is 4.55. The summed E-state index contributed by atoms with van der Waals surface area (Å²) in [4.78, 5) is 13.4. The molecule has 1 aromatic heterocycles. The largest absolute Gasteiger partial charge is 0.493 e. The van der Waals surface area contributed by atoms with Crippen molar-refractivity contribution in [3.63, 3.8) is 0 Å². The number of benzene rings is 1. The molecule has 7 nitrogen and oxygen atoms in total. The van der Waals surface area contributed by atoms with Crippen LogP contribution in [0.15, 0.2) is 17.0 Å². The first kappa shape index (κ1) is 21.8. The first-order valence-corrected chi connectivity index (χ1v) is 11.8. The molecule has 9 heteroatoms. The summed E-state index contributed by atoms with van der Waals surface area (Å²) in [6, 6.07) is 2.63. The van der Waals surface area contributed by atoms with Gasteiger partial charge in [-0.3, -0.25) is 4.79 Å². The van der Waals surface area contributed by atoms with E-state index in [0.717, 1.165) is 19.1 Å². The van der Waals surface area contributed by atoms with Crippen molar-refractivity contribution in [3.05, 3.63) is 39.5 Å². The molecule has 1 N–H and O–H groups in total. The van der Waals surface area contributed by atoms with Crippen molar-refractivity contribution in [2.45, 2.75) is 57.1 Å². The topological polar surface area (TPSA) is 98.5 Å². The third-order valence-electron chi connectivity index (χ3n) is 4.89. The highest BCUT2D eigenvalue weighted by Gasteiger charge is 2.36. The molecule has 0 unspecified atom stereocenters. The van der Waals surface area contributed by atoms with Gasteiger partial charge in [-0.2, -0.15) is 5.10 Å². The molecule has 0 saturated heterocycles. The molecule has 0 aliphatic heterocycles. The number of sulfone groups is 1. The molecular weight excluding hydrogens is 416 g/mol. The molecule has 0 radical (unpaired) electrons. The van der Waals surface area contributed by atoms with Crippen molar-refractivity contribution < 1.29 is 23.1 Å². The number of ketones is 1. The van der Waals surface area contributed by atoms with Crippen LogP contribution in [0, 0.1) is 0 Å². The predicted molar refractivity (Wildman–Crippen MR) is 110 cm³/mol. The van der Waals surface area contributed by atoms with Gasteiger partial charge in [0.2, 0.25) is 11.7 Å². The molecule has 29 heavy (non-hydrogen) atoms. The van der Waals surface area contributed by atoms with Gasteiger partial charge in [-0.25, -0.2) is 13.1 Å². The maximum absolute atomic E-state index is 13.4. The number of halogens is 1. The van der Waals surface area contributed by atoms with Gasteiger partial charge in [-0.1, -0.05) is 11.6 Å². The Kier molecular flexibility index (Phi) is 6.08. The van der Waals surface area contributed by atoms with E-state index in [-0.39, 0.29) is 51.1 Å². The summed E-state index contributed by atoms with van der Waals surface area (Å²) in [5, 5.41) is 15.2. The van der Waals surface area contributed by atoms with Crippen LogP contribution >= 0.6 is 11.6 Å². The molecule has 0 spiro atoms. The summed E-state index contributed by atoms with van der Waals surface area (Å²) in [6.07, 6.45) is 2.90. The number of ether oxygens (including phenoxy) is 1. The highest BCUT2D eigenvalue weighted by Crippen LogP contribution is 2.44. The lowest BCUT2D eigenvalue weighted by molar-refractivity contribution is 0.103. The molecule has 3 rings (SSSR count). The first-order valence-electron chi connectivity index (χ1n) is 9.53. The Balaban J connectivity index is 2.16. The zero-order valence-corrected chi connectivity index (χ0v) is 18.5. The van der Waals surface area contributed by atoms with Crippen LogP contribution in [-0.2, 0) is 21.2 Å². The Bertz CT molecular complexity index is 1060. The number of rotatable bonds is 8. The Morgan fingerprint density at radius 2 is 2.03 bits per heavy atom. The van der Waals surface area contributed by atoms with Gasteiger partial charge in [-0.15, -0.1) is 0 Å². The van der Waals surface area contributed by atoms with E-state index in [1.54, 1.807) is 6.92 Å². The van der Waals surface area contributed by atoms with Crippen molar-refractivity contribution in [1.82, 2.24) is 9.78 Å². The van der Waals surface area contributed by atoms with E-state index in [1.165, 1.54) is 16.8 Å². The van der Waals surface area contributed by atoms with Gasteiger partial charge in [0.15, 0.2) is 9.84 Å². The minimum absolute atomic E-state index is 0.0184. The van der Waals surface area contributed by atoms with Gasteiger partial charge < -0.3 is 9.84 Å². The van der Waals surface area contributed by atoms with Crippen LogP contribution in [0.2, 0.25) is 5.02 Å². The van der Waals surface area contributed by atoms with E-state index in [4.69, 9.17) is 16.3 Å². The number of carbonyl (C=O) groups is 1. The highest BCUT2D eigenvalue weighted by molar-refractivity contribution is 7.90. The number of hydrogen-bond acceptors (Lipinski definition) is 6. The second-order valence-corrected chi connectivity index (χ2v) is 9.90. The van der Waals surface area contributed by atoms with E-state index in [2.05, 4.69) is 5.10 Å². The van der Waals surface area contributed by atoms with Gasteiger partial charge in [0.1, 0.15) is 5.56 Å². The van der Waals surface area contributed by atoms with Gasteiger partial charge in [0.05, 0.1) is 28.3 Å². The van der Waals surface area contributed by atoms with E-state index >= 15 is 0 Å². The normalized spacial score (nSPS) is 14.6. The Morgan fingerprint density at radius 1 is 1.38 bits per heavy atom. The van der Waals surface area contributed by atoms with Crippen molar-refractivity contribution >= 4 is 27.2 Å². The Hall–Kier alpha value is -1.90. The van der Waals surface area contributed by atoms with E-state index in [9.17, 15) is 18.3 Å². The summed E-state index contributed by atoms with van der Waals surface area (Å²) >= 11 is 6.50. The van der Waals surface area contributed by atoms with Crippen molar-refractivity contribution in [1.29, 1.82) is 0 Å². The molecular formula is C20H25ClN2O5S. The smallest absolute Gasteiger partial charge is 0.221 e.